The van der Waals surface area contributed by atoms with E-state index in [1.807, 2.05) is 19.9 Å². The Balaban J connectivity index is 1.78. The minimum atomic E-state index is -0.700. The van der Waals surface area contributed by atoms with Crippen molar-refractivity contribution in [1.82, 2.24) is 9.78 Å². The van der Waals surface area contributed by atoms with E-state index >= 15 is 0 Å². The summed E-state index contributed by atoms with van der Waals surface area (Å²) in [6.45, 7) is 3.77. The topological polar surface area (TPSA) is 82.1 Å². The number of benzene rings is 2. The number of aromatic nitrogens is 3. The molecule has 0 unspecified atom stereocenters. The zero-order valence-corrected chi connectivity index (χ0v) is 21.9. The zero-order valence-electron chi connectivity index (χ0n) is 20.4. The van der Waals surface area contributed by atoms with Crippen molar-refractivity contribution in [2.45, 2.75) is 26.7 Å². The summed E-state index contributed by atoms with van der Waals surface area (Å²) in [5.41, 5.74) is 1.72. The zero-order chi connectivity index (χ0) is 27.1. The lowest BCUT2D eigenvalue weighted by molar-refractivity contribution is -0.577. The molecule has 0 saturated heterocycles. The first-order valence-corrected chi connectivity index (χ1v) is 12.6. The third-order valence-electron chi connectivity index (χ3n) is 6.15. The first-order chi connectivity index (χ1) is 18.2. The third kappa shape index (κ3) is 4.36. The van der Waals surface area contributed by atoms with Crippen molar-refractivity contribution < 1.29 is 23.7 Å². The third-order valence-corrected chi connectivity index (χ3v) is 6.89. The van der Waals surface area contributed by atoms with Gasteiger partial charge in [-0.15, -0.1) is 0 Å². The second-order valence-corrected chi connectivity index (χ2v) is 9.64. The molecular formula is C28H21Cl2FN4O3. The quantitative estimate of drug-likeness (QED) is 0.253. The van der Waals surface area contributed by atoms with Gasteiger partial charge in [-0.05, 0) is 67.8 Å². The highest BCUT2D eigenvalue weighted by Crippen LogP contribution is 2.39. The van der Waals surface area contributed by atoms with Crippen LogP contribution in [-0.2, 0) is 16.0 Å². The molecule has 0 fully saturated rings. The Bertz CT molecular complexity index is 1630. The summed E-state index contributed by atoms with van der Waals surface area (Å²) in [5, 5.41) is 19.0. The Morgan fingerprint density at radius 2 is 1.71 bits per heavy atom. The fraction of sp³-hybridized carbons (Fsp3) is 0.143. The summed E-state index contributed by atoms with van der Waals surface area (Å²) < 4.78 is 16.3. The van der Waals surface area contributed by atoms with Crippen molar-refractivity contribution in [2.24, 2.45) is 0 Å². The molecule has 0 bridgehead atoms. The van der Waals surface area contributed by atoms with Crippen LogP contribution in [0.4, 0.5) is 10.1 Å². The molecule has 1 aliphatic heterocycles. The molecule has 5 rings (SSSR count). The van der Waals surface area contributed by atoms with Gasteiger partial charge in [0.1, 0.15) is 11.4 Å². The maximum absolute atomic E-state index is 13.9. The van der Waals surface area contributed by atoms with Gasteiger partial charge in [-0.3, -0.25) is 9.59 Å². The van der Waals surface area contributed by atoms with Gasteiger partial charge >= 0.3 is 5.91 Å². The van der Waals surface area contributed by atoms with Gasteiger partial charge in [0.05, 0.1) is 27.1 Å². The van der Waals surface area contributed by atoms with E-state index in [0.717, 1.165) is 27.3 Å². The van der Waals surface area contributed by atoms with Crippen LogP contribution in [0.3, 0.4) is 0 Å². The molecule has 10 heteroatoms. The predicted octanol–water partition coefficient (Wildman–Crippen LogP) is 4.88. The molecule has 2 amide bonds. The molecule has 0 radical (unpaired) electrons. The smallest absolute Gasteiger partial charge is 0.331 e. The van der Waals surface area contributed by atoms with Gasteiger partial charge in [0.25, 0.3) is 11.6 Å². The number of carbonyl (C=O) groups is 2. The number of rotatable bonds is 6. The Labute approximate surface area is 228 Å². The Morgan fingerprint density at radius 3 is 2.37 bits per heavy atom. The standard InChI is InChI=1S/C28H21Cl2FN4O3/c1-3-5-22-23(27(37)35(32-22)19-11-12-20(29)21(30)14-19)24-25(33-13-4-6-16(2)15-33)28(38)34(26(24)36)18-9-7-17(31)8-10-18/h4,6-15H,3,5H2,1-2H3. The summed E-state index contributed by atoms with van der Waals surface area (Å²) in [6.07, 6.45) is 4.35. The average molecular weight is 551 g/mol. The van der Waals surface area contributed by atoms with E-state index in [2.05, 4.69) is 5.10 Å². The molecule has 0 saturated carbocycles. The highest BCUT2D eigenvalue weighted by Gasteiger charge is 2.47. The molecule has 0 spiro atoms. The van der Waals surface area contributed by atoms with Crippen LogP contribution in [0.1, 0.15) is 30.2 Å². The molecule has 7 nitrogen and oxygen atoms in total. The van der Waals surface area contributed by atoms with Crippen molar-refractivity contribution >= 4 is 52.0 Å². The first-order valence-electron chi connectivity index (χ1n) is 11.8. The molecule has 4 aromatic rings. The number of anilines is 1. The molecular weight excluding hydrogens is 530 g/mol. The van der Waals surface area contributed by atoms with Crippen LogP contribution in [0.15, 0.2) is 67.0 Å². The molecule has 2 aromatic heterocycles. The number of amides is 2. The predicted molar refractivity (Wildman–Crippen MR) is 140 cm³/mol. The molecule has 0 N–H and O–H groups in total. The Morgan fingerprint density at radius 1 is 1.00 bits per heavy atom. The number of aryl methyl sites for hydroxylation is 2. The Hall–Kier alpha value is -4.01. The molecule has 0 atom stereocenters. The largest absolute Gasteiger partial charge is 0.858 e. The van der Waals surface area contributed by atoms with E-state index in [4.69, 9.17) is 23.2 Å². The number of nitrogens with zero attached hydrogens (tertiary/aromatic N) is 4. The molecule has 38 heavy (non-hydrogen) atoms. The monoisotopic (exact) mass is 550 g/mol. The van der Waals surface area contributed by atoms with Crippen LogP contribution in [0.5, 0.6) is 5.88 Å². The average Bonchev–Trinajstić information content (AvgIpc) is 3.33. The second-order valence-electron chi connectivity index (χ2n) is 8.82. The van der Waals surface area contributed by atoms with E-state index in [1.54, 1.807) is 30.6 Å². The lowest BCUT2D eigenvalue weighted by Gasteiger charge is -2.16. The first kappa shape index (κ1) is 25.6. The van der Waals surface area contributed by atoms with Crippen molar-refractivity contribution in [1.29, 1.82) is 0 Å². The van der Waals surface area contributed by atoms with E-state index in [0.29, 0.717) is 29.2 Å². The van der Waals surface area contributed by atoms with Crippen LogP contribution in [0, 0.1) is 12.7 Å². The molecule has 3 heterocycles. The van der Waals surface area contributed by atoms with Gasteiger partial charge in [0, 0.05) is 17.2 Å². The fourth-order valence-electron chi connectivity index (χ4n) is 4.44. The summed E-state index contributed by atoms with van der Waals surface area (Å²) in [5.74, 6) is -2.43. The lowest BCUT2D eigenvalue weighted by atomic mass is 10.0. The molecule has 192 valence electrons. The minimum absolute atomic E-state index is 0.00571. The van der Waals surface area contributed by atoms with Crippen molar-refractivity contribution in [3.8, 4) is 11.6 Å². The molecule has 1 aliphatic rings. The van der Waals surface area contributed by atoms with E-state index in [-0.39, 0.29) is 27.5 Å². The van der Waals surface area contributed by atoms with Crippen LogP contribution < -0.4 is 14.6 Å². The van der Waals surface area contributed by atoms with Gasteiger partial charge in [-0.2, -0.15) is 9.67 Å². The number of hydrogen-bond donors (Lipinski definition) is 0. The van der Waals surface area contributed by atoms with Crippen LogP contribution >= 0.6 is 23.2 Å². The minimum Gasteiger partial charge on any atom is -0.858 e. The lowest BCUT2D eigenvalue weighted by Crippen LogP contribution is -2.39. The van der Waals surface area contributed by atoms with Gasteiger partial charge in [-0.1, -0.05) is 36.5 Å². The van der Waals surface area contributed by atoms with Crippen molar-refractivity contribution in [2.75, 3.05) is 4.90 Å². The summed E-state index contributed by atoms with van der Waals surface area (Å²) in [6, 6.07) is 13.3. The summed E-state index contributed by atoms with van der Waals surface area (Å²) in [7, 11) is 0. The number of carbonyl (C=O) groups excluding carboxylic acids is 2. The van der Waals surface area contributed by atoms with Crippen molar-refractivity contribution in [3.05, 3.63) is 99.7 Å². The highest BCUT2D eigenvalue weighted by atomic mass is 35.5. The van der Waals surface area contributed by atoms with Gasteiger partial charge in [0.15, 0.2) is 12.4 Å². The van der Waals surface area contributed by atoms with Crippen LogP contribution in [-0.4, -0.2) is 21.6 Å². The number of hydrogen-bond acceptors (Lipinski definition) is 4. The second kappa shape index (κ2) is 10.0. The summed E-state index contributed by atoms with van der Waals surface area (Å²) >= 11 is 12.2. The number of imide groups is 1. The van der Waals surface area contributed by atoms with E-state index in [9.17, 15) is 19.1 Å². The molecule has 2 aromatic carbocycles. The van der Waals surface area contributed by atoms with Gasteiger partial charge in [0.2, 0.25) is 0 Å². The van der Waals surface area contributed by atoms with Gasteiger partial charge < -0.3 is 5.11 Å². The molecule has 0 aliphatic carbocycles. The maximum Gasteiger partial charge on any atom is 0.331 e. The van der Waals surface area contributed by atoms with Crippen LogP contribution in [0.25, 0.3) is 17.0 Å². The fourth-order valence-corrected chi connectivity index (χ4v) is 4.73. The van der Waals surface area contributed by atoms with Gasteiger partial charge in [-0.25, -0.2) is 14.0 Å². The summed E-state index contributed by atoms with van der Waals surface area (Å²) in [4.78, 5) is 28.7. The Kier molecular flexibility index (Phi) is 6.77. The van der Waals surface area contributed by atoms with Crippen LogP contribution in [0.2, 0.25) is 10.0 Å². The SMILES string of the molecule is CCCc1nn(-c2ccc(Cl)c(Cl)c2)c([O-])c1C1=C([n+]2cccc(C)c2)C(=O)N(c2ccc(F)cc2)C1=O. The number of pyridine rings is 1. The highest BCUT2D eigenvalue weighted by molar-refractivity contribution is 6.53. The maximum atomic E-state index is 13.9. The van der Waals surface area contributed by atoms with Crippen molar-refractivity contribution in [3.63, 3.8) is 0 Å². The van der Waals surface area contributed by atoms with E-state index < -0.39 is 23.5 Å². The van der Waals surface area contributed by atoms with E-state index in [1.165, 1.54) is 22.8 Å². The number of halogens is 3. The normalized spacial score (nSPS) is 13.7.